The Hall–Kier alpha value is -4.02. The number of carbonyl (C=O) groups is 2. The molecule has 1 aliphatic rings. The average Bonchev–Trinajstić information content (AvgIpc) is 3.60. The first-order valence-corrected chi connectivity index (χ1v) is 13.0. The Morgan fingerprint density at radius 1 is 1.16 bits per heavy atom. The summed E-state index contributed by atoms with van der Waals surface area (Å²) in [4.78, 5) is 29.2. The number of aryl methyl sites for hydroxylation is 1. The van der Waals surface area contributed by atoms with Crippen LogP contribution in [0.3, 0.4) is 0 Å². The van der Waals surface area contributed by atoms with E-state index in [-0.39, 0.29) is 23.3 Å². The molecule has 1 aliphatic heterocycles. The van der Waals surface area contributed by atoms with Crippen molar-refractivity contribution in [3.8, 4) is 0 Å². The fraction of sp³-hybridized carbons (Fsp3) is 0.185. The molecule has 38 heavy (non-hydrogen) atoms. The highest BCUT2D eigenvalue weighted by atomic mass is 35.5. The molecule has 3 atom stereocenters. The summed E-state index contributed by atoms with van der Waals surface area (Å²) in [6.07, 6.45) is 2.87. The van der Waals surface area contributed by atoms with Crippen LogP contribution in [0.5, 0.6) is 0 Å². The highest BCUT2D eigenvalue weighted by Gasteiger charge is 2.48. The molecule has 1 unspecified atom stereocenters. The van der Waals surface area contributed by atoms with Crippen molar-refractivity contribution >= 4 is 58.0 Å². The van der Waals surface area contributed by atoms with E-state index < -0.39 is 18.0 Å². The highest BCUT2D eigenvalue weighted by Crippen LogP contribution is 2.44. The first-order chi connectivity index (χ1) is 18.2. The Bertz CT molecular complexity index is 1520. The normalized spacial score (nSPS) is 19.0. The quantitative estimate of drug-likeness (QED) is 0.263. The van der Waals surface area contributed by atoms with E-state index in [2.05, 4.69) is 15.7 Å². The second kappa shape index (κ2) is 10.4. The summed E-state index contributed by atoms with van der Waals surface area (Å²) in [6.45, 7) is 1.79. The predicted molar refractivity (Wildman–Crippen MR) is 147 cm³/mol. The van der Waals surface area contributed by atoms with E-state index >= 15 is 0 Å². The summed E-state index contributed by atoms with van der Waals surface area (Å²) in [7, 11) is 1.73. The number of amides is 2. The third-order valence-electron chi connectivity index (χ3n) is 6.51. The van der Waals surface area contributed by atoms with Gasteiger partial charge in [-0.05, 0) is 60.7 Å². The van der Waals surface area contributed by atoms with Gasteiger partial charge in [-0.1, -0.05) is 18.5 Å². The Morgan fingerprint density at radius 2 is 1.92 bits per heavy atom. The fourth-order valence-electron chi connectivity index (χ4n) is 4.61. The van der Waals surface area contributed by atoms with Crippen LogP contribution in [-0.2, 0) is 11.8 Å². The molecule has 0 radical (unpaired) electrons. The summed E-state index contributed by atoms with van der Waals surface area (Å²) in [6, 6.07) is 15.4. The predicted octanol–water partition coefficient (Wildman–Crippen LogP) is 5.54. The highest BCUT2D eigenvalue weighted by molar-refractivity contribution is 7.16. The van der Waals surface area contributed by atoms with E-state index in [9.17, 15) is 14.0 Å². The van der Waals surface area contributed by atoms with Crippen molar-refractivity contribution in [2.24, 2.45) is 13.0 Å². The lowest BCUT2D eigenvalue weighted by Crippen LogP contribution is -2.42. The number of rotatable bonds is 7. The Labute approximate surface area is 227 Å². The van der Waals surface area contributed by atoms with E-state index in [4.69, 9.17) is 17.0 Å². The number of carbonyl (C=O) groups excluding carboxylic acids is 2. The number of benzene rings is 2. The molecule has 3 heterocycles. The lowest BCUT2D eigenvalue weighted by Gasteiger charge is -2.28. The van der Waals surface area contributed by atoms with Crippen LogP contribution in [0.1, 0.15) is 33.9 Å². The number of nitrogens with zero attached hydrogens (tertiary/aromatic N) is 3. The zero-order chi connectivity index (χ0) is 27.0. The molecule has 0 saturated carbocycles. The van der Waals surface area contributed by atoms with Crippen molar-refractivity contribution in [3.05, 3.63) is 93.1 Å². The molecule has 2 aromatic heterocycles. The first-order valence-electron chi connectivity index (χ1n) is 11.8. The SMILES string of the molecule is C[C@@H]1C(=O)N(c2ccc(Nc3ccc(F)cc3)c(C=N)c2)[C@H](c2ccc(Cl)s2)C1NC(=O)c1ccn(C)n1. The Kier molecular flexibility index (Phi) is 7.00. The summed E-state index contributed by atoms with van der Waals surface area (Å²) in [5.74, 6) is -1.41. The summed E-state index contributed by atoms with van der Waals surface area (Å²) in [5.41, 5.74) is 2.67. The topological polar surface area (TPSA) is 103 Å². The summed E-state index contributed by atoms with van der Waals surface area (Å²) in [5, 5.41) is 18.4. The van der Waals surface area contributed by atoms with Gasteiger partial charge in [-0.3, -0.25) is 14.3 Å². The van der Waals surface area contributed by atoms with Crippen LogP contribution < -0.4 is 15.5 Å². The van der Waals surface area contributed by atoms with E-state index in [1.54, 1.807) is 72.2 Å². The number of anilines is 3. The molecule has 194 valence electrons. The molecule has 4 aromatic rings. The molecule has 8 nitrogen and oxygen atoms in total. The summed E-state index contributed by atoms with van der Waals surface area (Å²) >= 11 is 7.61. The molecule has 1 fully saturated rings. The van der Waals surface area contributed by atoms with Gasteiger partial charge in [0.15, 0.2) is 0 Å². The molecule has 0 spiro atoms. The average molecular weight is 551 g/mol. The van der Waals surface area contributed by atoms with Crippen molar-refractivity contribution in [2.75, 3.05) is 10.2 Å². The van der Waals surface area contributed by atoms with Gasteiger partial charge in [-0.2, -0.15) is 5.10 Å². The molecule has 5 rings (SSSR count). The second-order valence-corrected chi connectivity index (χ2v) is 10.8. The molecule has 0 aliphatic carbocycles. The van der Waals surface area contributed by atoms with Crippen LogP contribution in [0.15, 0.2) is 66.9 Å². The molecule has 3 N–H and O–H groups in total. The van der Waals surface area contributed by atoms with Gasteiger partial charge in [0.25, 0.3) is 5.91 Å². The van der Waals surface area contributed by atoms with Crippen LogP contribution in [-0.4, -0.2) is 33.9 Å². The lowest BCUT2D eigenvalue weighted by molar-refractivity contribution is -0.120. The Morgan fingerprint density at radius 3 is 2.55 bits per heavy atom. The molecule has 1 saturated heterocycles. The van der Waals surface area contributed by atoms with E-state index in [0.717, 1.165) is 4.88 Å². The van der Waals surface area contributed by atoms with Gasteiger partial charge in [0.2, 0.25) is 5.91 Å². The number of hydrogen-bond donors (Lipinski definition) is 3. The lowest BCUT2D eigenvalue weighted by atomic mass is 9.98. The largest absolute Gasteiger partial charge is 0.355 e. The third-order valence-corrected chi connectivity index (χ3v) is 7.81. The van der Waals surface area contributed by atoms with Crippen LogP contribution in [0, 0.1) is 17.1 Å². The van der Waals surface area contributed by atoms with E-state index in [1.165, 1.54) is 29.7 Å². The maximum absolute atomic E-state index is 13.7. The minimum atomic E-state index is -0.549. The summed E-state index contributed by atoms with van der Waals surface area (Å²) < 4.78 is 15.4. The van der Waals surface area contributed by atoms with Gasteiger partial charge < -0.3 is 20.9 Å². The number of aromatic nitrogens is 2. The van der Waals surface area contributed by atoms with Gasteiger partial charge in [-0.25, -0.2) is 4.39 Å². The van der Waals surface area contributed by atoms with Crippen molar-refractivity contribution in [3.63, 3.8) is 0 Å². The maximum Gasteiger partial charge on any atom is 0.272 e. The molecule has 0 bridgehead atoms. The van der Waals surface area contributed by atoms with Crippen LogP contribution in [0.25, 0.3) is 0 Å². The maximum atomic E-state index is 13.7. The molecule has 2 aromatic carbocycles. The number of hydrogen-bond acceptors (Lipinski definition) is 6. The molecule has 11 heteroatoms. The first kappa shape index (κ1) is 25.6. The van der Waals surface area contributed by atoms with Crippen LogP contribution in [0.2, 0.25) is 4.34 Å². The minimum Gasteiger partial charge on any atom is -0.355 e. The molecular weight excluding hydrogens is 527 g/mol. The number of halogens is 2. The second-order valence-electron chi connectivity index (χ2n) is 9.01. The zero-order valence-electron chi connectivity index (χ0n) is 20.5. The molecule has 2 amide bonds. The molecular formula is C27H24ClFN6O2S. The monoisotopic (exact) mass is 550 g/mol. The van der Waals surface area contributed by atoms with Crippen molar-refractivity contribution < 1.29 is 14.0 Å². The smallest absolute Gasteiger partial charge is 0.272 e. The van der Waals surface area contributed by atoms with E-state index in [0.29, 0.717) is 27.0 Å². The zero-order valence-corrected chi connectivity index (χ0v) is 22.1. The van der Waals surface area contributed by atoms with Crippen molar-refractivity contribution in [2.45, 2.75) is 19.0 Å². The van der Waals surface area contributed by atoms with E-state index in [1.807, 2.05) is 6.07 Å². The minimum absolute atomic E-state index is 0.166. The standard InChI is InChI=1S/C27H24ClFN6O2S/c1-15-24(32-26(36)21-11-12-34(2)33-21)25(22-9-10-23(28)38-22)35(27(15)37)19-7-8-20(16(13-19)14-30)31-18-5-3-17(29)4-6-18/h3-15,24-25,30-31H,1-2H3,(H,32,36)/t15-,24?,25+/m0/s1. The third kappa shape index (κ3) is 4.92. The van der Waals surface area contributed by atoms with Crippen LogP contribution >= 0.6 is 22.9 Å². The van der Waals surface area contributed by atoms with Gasteiger partial charge in [-0.15, -0.1) is 11.3 Å². The number of thiophene rings is 1. The van der Waals surface area contributed by atoms with Gasteiger partial charge in [0.1, 0.15) is 11.5 Å². The van der Waals surface area contributed by atoms with Gasteiger partial charge in [0.05, 0.1) is 22.3 Å². The number of nitrogens with one attached hydrogen (secondary N) is 3. The Balaban J connectivity index is 1.50. The van der Waals surface area contributed by atoms with Crippen LogP contribution in [0.4, 0.5) is 21.5 Å². The van der Waals surface area contributed by atoms with Crippen molar-refractivity contribution in [1.82, 2.24) is 15.1 Å². The van der Waals surface area contributed by atoms with Gasteiger partial charge in [0, 0.05) is 47.0 Å². The fourth-order valence-corrected chi connectivity index (χ4v) is 5.81. The van der Waals surface area contributed by atoms with Gasteiger partial charge >= 0.3 is 0 Å². The van der Waals surface area contributed by atoms with Crippen molar-refractivity contribution in [1.29, 1.82) is 5.41 Å².